The Bertz CT molecular complexity index is 230. The molecule has 2 aliphatic rings. The van der Waals surface area contributed by atoms with Gasteiger partial charge in [-0.05, 0) is 44.1 Å². The van der Waals surface area contributed by atoms with E-state index in [4.69, 9.17) is 0 Å². The van der Waals surface area contributed by atoms with E-state index >= 15 is 0 Å². The lowest BCUT2D eigenvalue weighted by Crippen LogP contribution is -1.97. The van der Waals surface area contributed by atoms with Gasteiger partial charge < -0.3 is 0 Å². The van der Waals surface area contributed by atoms with E-state index in [9.17, 15) is 0 Å². The molecule has 2 aliphatic carbocycles. The van der Waals surface area contributed by atoms with Gasteiger partial charge in [0, 0.05) is 0 Å². The summed E-state index contributed by atoms with van der Waals surface area (Å²) in [6, 6.07) is 0. The van der Waals surface area contributed by atoms with Crippen molar-refractivity contribution in [2.75, 3.05) is 0 Å². The van der Waals surface area contributed by atoms with E-state index in [-0.39, 0.29) is 7.43 Å². The van der Waals surface area contributed by atoms with Crippen LogP contribution in [0.4, 0.5) is 0 Å². The number of hydrogen-bond donors (Lipinski definition) is 0. The van der Waals surface area contributed by atoms with Crippen molar-refractivity contribution in [1.82, 2.24) is 0 Å². The Labute approximate surface area is 90.1 Å². The summed E-state index contributed by atoms with van der Waals surface area (Å²) in [6.07, 6.45) is 7.81. The van der Waals surface area contributed by atoms with Gasteiger partial charge in [-0.15, -0.1) is 0 Å². The molecule has 0 radical (unpaired) electrons. The quantitative estimate of drug-likeness (QED) is 0.502. The molecule has 0 fully saturated rings. The highest BCUT2D eigenvalue weighted by Gasteiger charge is 2.22. The van der Waals surface area contributed by atoms with Gasteiger partial charge in [0.25, 0.3) is 0 Å². The lowest BCUT2D eigenvalue weighted by atomic mass is 9.91. The van der Waals surface area contributed by atoms with Crippen LogP contribution in [-0.2, 0) is 0 Å². The predicted octanol–water partition coefficient (Wildman–Crippen LogP) is 5.12. The minimum atomic E-state index is 0. The summed E-state index contributed by atoms with van der Waals surface area (Å²) in [6.45, 7) is 8.63. The van der Waals surface area contributed by atoms with E-state index < -0.39 is 0 Å². The fraction of sp³-hybridized carbons (Fsp3) is 0.714. The van der Waals surface area contributed by atoms with Gasteiger partial charge in [0.2, 0.25) is 0 Å². The first-order valence-corrected chi connectivity index (χ1v) is 5.66. The number of rotatable bonds is 0. The second-order valence-corrected chi connectivity index (χ2v) is 3.98. The Morgan fingerprint density at radius 3 is 2.43 bits per heavy atom. The maximum atomic E-state index is 2.42. The van der Waals surface area contributed by atoms with E-state index in [2.05, 4.69) is 19.9 Å². The van der Waals surface area contributed by atoms with Crippen LogP contribution in [0, 0.1) is 5.92 Å². The Hall–Kier alpha value is -0.520. The average molecular weight is 194 g/mol. The molecule has 0 aliphatic heterocycles. The summed E-state index contributed by atoms with van der Waals surface area (Å²) in [4.78, 5) is 0. The second-order valence-electron chi connectivity index (χ2n) is 3.98. The highest BCUT2D eigenvalue weighted by Crippen LogP contribution is 2.39. The summed E-state index contributed by atoms with van der Waals surface area (Å²) >= 11 is 0. The highest BCUT2D eigenvalue weighted by atomic mass is 14.3. The van der Waals surface area contributed by atoms with Crippen LogP contribution in [0.25, 0.3) is 0 Å². The molecule has 0 heteroatoms. The molecule has 0 heterocycles. The van der Waals surface area contributed by atoms with E-state index in [1.807, 2.05) is 13.8 Å². The molecule has 0 saturated heterocycles. The topological polar surface area (TPSA) is 0 Å². The first-order chi connectivity index (χ1) is 6.27. The Morgan fingerprint density at radius 2 is 1.79 bits per heavy atom. The van der Waals surface area contributed by atoms with Crippen molar-refractivity contribution in [2.24, 2.45) is 5.92 Å². The molecule has 0 aromatic rings. The average Bonchev–Trinajstić information content (AvgIpc) is 2.51. The van der Waals surface area contributed by atoms with E-state index in [1.165, 1.54) is 25.7 Å². The molecule has 1 unspecified atom stereocenters. The van der Waals surface area contributed by atoms with Crippen LogP contribution in [0.5, 0.6) is 0 Å². The molecule has 2 rings (SSSR count). The SMILES string of the molecule is C.CC.CC1=CC2=C(CC1)C(C)CC2. The van der Waals surface area contributed by atoms with Crippen LogP contribution in [0.3, 0.4) is 0 Å². The summed E-state index contributed by atoms with van der Waals surface area (Å²) in [5.41, 5.74) is 5.01. The third-order valence-corrected chi connectivity index (χ3v) is 3.06. The van der Waals surface area contributed by atoms with Crippen LogP contribution in [-0.4, -0.2) is 0 Å². The van der Waals surface area contributed by atoms with Crippen LogP contribution in [0.2, 0.25) is 0 Å². The summed E-state index contributed by atoms with van der Waals surface area (Å²) in [5.74, 6) is 0.884. The summed E-state index contributed by atoms with van der Waals surface area (Å²) in [5, 5.41) is 0. The van der Waals surface area contributed by atoms with Crippen molar-refractivity contribution in [1.29, 1.82) is 0 Å². The standard InChI is InChI=1S/C11H16.C2H6.CH4/c1-8-3-6-11-9(2)4-5-10(11)7-8;1-2;/h7,9H,3-6H2,1-2H3;1-2H3;1H4. The van der Waals surface area contributed by atoms with Crippen molar-refractivity contribution in [3.8, 4) is 0 Å². The third kappa shape index (κ3) is 2.73. The second kappa shape index (κ2) is 6.06. The van der Waals surface area contributed by atoms with Crippen molar-refractivity contribution in [2.45, 2.75) is 60.8 Å². The van der Waals surface area contributed by atoms with Crippen LogP contribution in [0.1, 0.15) is 60.8 Å². The van der Waals surface area contributed by atoms with Gasteiger partial charge in [-0.3, -0.25) is 0 Å². The highest BCUT2D eigenvalue weighted by molar-refractivity contribution is 5.37. The maximum absolute atomic E-state index is 2.42. The number of allylic oxidation sites excluding steroid dienone is 4. The molecule has 0 aromatic heterocycles. The van der Waals surface area contributed by atoms with Crippen LogP contribution < -0.4 is 0 Å². The minimum Gasteiger partial charge on any atom is -0.0776 e. The zero-order valence-electron chi connectivity index (χ0n) is 9.48. The molecule has 82 valence electrons. The Morgan fingerprint density at radius 1 is 1.14 bits per heavy atom. The van der Waals surface area contributed by atoms with Crippen molar-refractivity contribution < 1.29 is 0 Å². The van der Waals surface area contributed by atoms with Gasteiger partial charge in [-0.1, -0.05) is 45.4 Å². The van der Waals surface area contributed by atoms with Crippen molar-refractivity contribution in [3.63, 3.8) is 0 Å². The molecule has 0 amide bonds. The van der Waals surface area contributed by atoms with E-state index in [0.29, 0.717) is 0 Å². The van der Waals surface area contributed by atoms with Gasteiger partial charge in [0.15, 0.2) is 0 Å². The van der Waals surface area contributed by atoms with Gasteiger partial charge in [-0.25, -0.2) is 0 Å². The molecule has 0 saturated carbocycles. The van der Waals surface area contributed by atoms with Gasteiger partial charge in [0.1, 0.15) is 0 Å². The van der Waals surface area contributed by atoms with Crippen molar-refractivity contribution in [3.05, 3.63) is 22.8 Å². The molecule has 0 bridgehead atoms. The van der Waals surface area contributed by atoms with Crippen molar-refractivity contribution >= 4 is 0 Å². The third-order valence-electron chi connectivity index (χ3n) is 3.06. The molecule has 0 aromatic carbocycles. The summed E-state index contributed by atoms with van der Waals surface area (Å²) < 4.78 is 0. The normalized spacial score (nSPS) is 24.3. The Kier molecular flexibility index (Phi) is 5.83. The van der Waals surface area contributed by atoms with E-state index in [0.717, 1.165) is 5.92 Å². The predicted molar refractivity (Wildman–Crippen MR) is 66.5 cm³/mol. The molecule has 0 N–H and O–H groups in total. The fourth-order valence-electron chi connectivity index (χ4n) is 2.30. The molecule has 0 spiro atoms. The van der Waals surface area contributed by atoms with Gasteiger partial charge in [0.05, 0.1) is 0 Å². The van der Waals surface area contributed by atoms with E-state index in [1.54, 1.807) is 16.7 Å². The lowest BCUT2D eigenvalue weighted by Gasteiger charge is -2.15. The first kappa shape index (κ1) is 13.5. The molecular weight excluding hydrogens is 168 g/mol. The summed E-state index contributed by atoms with van der Waals surface area (Å²) in [7, 11) is 0. The first-order valence-electron chi connectivity index (χ1n) is 5.66. The largest absolute Gasteiger partial charge is 0.0776 e. The maximum Gasteiger partial charge on any atom is -0.0223 e. The van der Waals surface area contributed by atoms with Gasteiger partial charge in [-0.2, -0.15) is 0 Å². The lowest BCUT2D eigenvalue weighted by molar-refractivity contribution is 0.642. The molecule has 0 nitrogen and oxygen atoms in total. The zero-order chi connectivity index (χ0) is 9.84. The minimum absolute atomic E-state index is 0. The van der Waals surface area contributed by atoms with Crippen LogP contribution in [0.15, 0.2) is 22.8 Å². The van der Waals surface area contributed by atoms with Crippen LogP contribution >= 0.6 is 0 Å². The Balaban J connectivity index is 0.000000531. The smallest absolute Gasteiger partial charge is 0.0223 e. The number of hydrogen-bond acceptors (Lipinski definition) is 0. The fourth-order valence-corrected chi connectivity index (χ4v) is 2.30. The molecule has 14 heavy (non-hydrogen) atoms. The van der Waals surface area contributed by atoms with Gasteiger partial charge >= 0.3 is 0 Å². The molecular formula is C14H26. The monoisotopic (exact) mass is 194 g/mol. The zero-order valence-corrected chi connectivity index (χ0v) is 9.48. The molecule has 1 atom stereocenters.